The van der Waals surface area contributed by atoms with Crippen molar-refractivity contribution in [1.82, 2.24) is 0 Å². The largest absolute Gasteiger partial charge is 0.327 e. The van der Waals surface area contributed by atoms with E-state index in [1.54, 1.807) is 0 Å². The van der Waals surface area contributed by atoms with Gasteiger partial charge in [-0.05, 0) is 12.2 Å². The van der Waals surface area contributed by atoms with E-state index >= 15 is 0 Å². The summed E-state index contributed by atoms with van der Waals surface area (Å²) in [6, 6.07) is 0.409. The highest BCUT2D eigenvalue weighted by atomic mass is 32.2. The first-order chi connectivity index (χ1) is 5.31. The maximum absolute atomic E-state index is 5.76. The molecular formula is C8H19NS2. The number of hydrogen-bond donors (Lipinski definition) is 1. The van der Waals surface area contributed by atoms with Crippen LogP contribution >= 0.6 is 23.5 Å². The van der Waals surface area contributed by atoms with E-state index in [9.17, 15) is 0 Å². The fourth-order valence-electron chi connectivity index (χ4n) is 0.615. The standard InChI is InChI=1S/C8H19NS2/c1-3-8(9)7-11-6-5-10-4-2/h8H,3-7,9H2,1-2H3. The second-order valence-electron chi connectivity index (χ2n) is 2.44. The molecule has 0 rings (SSSR count). The van der Waals surface area contributed by atoms with E-state index in [-0.39, 0.29) is 0 Å². The second-order valence-corrected chi connectivity index (χ2v) is 4.98. The van der Waals surface area contributed by atoms with Gasteiger partial charge in [0.2, 0.25) is 0 Å². The van der Waals surface area contributed by atoms with Crippen molar-refractivity contribution in [1.29, 1.82) is 0 Å². The zero-order valence-corrected chi connectivity index (χ0v) is 9.14. The maximum Gasteiger partial charge on any atom is 0.0127 e. The summed E-state index contributed by atoms with van der Waals surface area (Å²) in [4.78, 5) is 0. The number of thioether (sulfide) groups is 2. The summed E-state index contributed by atoms with van der Waals surface area (Å²) in [6.07, 6.45) is 1.11. The quantitative estimate of drug-likeness (QED) is 0.628. The van der Waals surface area contributed by atoms with E-state index in [0.717, 1.165) is 12.2 Å². The molecule has 0 aromatic rings. The molecule has 3 heteroatoms. The van der Waals surface area contributed by atoms with Crippen LogP contribution in [0.1, 0.15) is 20.3 Å². The molecule has 1 nitrogen and oxygen atoms in total. The third-order valence-electron chi connectivity index (χ3n) is 1.43. The summed E-state index contributed by atoms with van der Waals surface area (Å²) in [5.74, 6) is 4.89. The van der Waals surface area contributed by atoms with Crippen LogP contribution in [-0.2, 0) is 0 Å². The van der Waals surface area contributed by atoms with Gasteiger partial charge in [-0.25, -0.2) is 0 Å². The van der Waals surface area contributed by atoms with Crippen molar-refractivity contribution < 1.29 is 0 Å². The predicted octanol–water partition coefficient (Wildman–Crippen LogP) is 2.21. The van der Waals surface area contributed by atoms with Crippen LogP contribution < -0.4 is 5.73 Å². The third kappa shape index (κ3) is 8.57. The number of rotatable bonds is 7. The van der Waals surface area contributed by atoms with Gasteiger partial charge < -0.3 is 5.73 Å². The summed E-state index contributed by atoms with van der Waals surface area (Å²) in [5, 5.41) is 0. The fourth-order valence-corrected chi connectivity index (χ4v) is 2.55. The molecule has 0 aliphatic rings. The zero-order chi connectivity index (χ0) is 8.53. The Bertz CT molecular complexity index is 78.5. The van der Waals surface area contributed by atoms with Crippen LogP contribution in [0.3, 0.4) is 0 Å². The lowest BCUT2D eigenvalue weighted by molar-refractivity contribution is 0.725. The summed E-state index contributed by atoms with van der Waals surface area (Å²) >= 11 is 3.99. The third-order valence-corrected chi connectivity index (χ3v) is 3.75. The highest BCUT2D eigenvalue weighted by molar-refractivity contribution is 8.02. The molecule has 0 saturated carbocycles. The van der Waals surface area contributed by atoms with Crippen molar-refractivity contribution in [2.24, 2.45) is 5.73 Å². The molecule has 0 aliphatic heterocycles. The topological polar surface area (TPSA) is 26.0 Å². The first-order valence-corrected chi connectivity index (χ1v) is 6.53. The minimum atomic E-state index is 0.409. The highest BCUT2D eigenvalue weighted by Crippen LogP contribution is 2.07. The first-order valence-electron chi connectivity index (χ1n) is 4.22. The van der Waals surface area contributed by atoms with Crippen molar-refractivity contribution >= 4 is 23.5 Å². The summed E-state index contributed by atoms with van der Waals surface area (Å²) in [7, 11) is 0. The molecule has 1 unspecified atom stereocenters. The maximum atomic E-state index is 5.76. The van der Waals surface area contributed by atoms with E-state index in [0.29, 0.717) is 6.04 Å². The SMILES string of the molecule is CCSCCSCC(N)CC. The molecule has 0 aromatic carbocycles. The van der Waals surface area contributed by atoms with E-state index in [2.05, 4.69) is 13.8 Å². The predicted molar refractivity (Wildman–Crippen MR) is 58.6 cm³/mol. The number of nitrogens with two attached hydrogens (primary N) is 1. The monoisotopic (exact) mass is 193 g/mol. The smallest absolute Gasteiger partial charge is 0.0127 e. The summed E-state index contributed by atoms with van der Waals surface area (Å²) in [5.41, 5.74) is 5.76. The van der Waals surface area contributed by atoms with Gasteiger partial charge in [0.15, 0.2) is 0 Å². The molecular weight excluding hydrogens is 174 g/mol. The Morgan fingerprint density at radius 3 is 2.36 bits per heavy atom. The van der Waals surface area contributed by atoms with Crippen LogP contribution in [0.25, 0.3) is 0 Å². The van der Waals surface area contributed by atoms with Gasteiger partial charge in [-0.15, -0.1) is 0 Å². The van der Waals surface area contributed by atoms with Crippen LogP contribution in [0.5, 0.6) is 0 Å². The van der Waals surface area contributed by atoms with Crippen molar-refractivity contribution in [3.05, 3.63) is 0 Å². The van der Waals surface area contributed by atoms with Crippen LogP contribution in [0.15, 0.2) is 0 Å². The van der Waals surface area contributed by atoms with E-state index in [1.165, 1.54) is 17.3 Å². The Morgan fingerprint density at radius 2 is 1.82 bits per heavy atom. The summed E-state index contributed by atoms with van der Waals surface area (Å²) in [6.45, 7) is 4.35. The van der Waals surface area contributed by atoms with Gasteiger partial charge in [-0.3, -0.25) is 0 Å². The van der Waals surface area contributed by atoms with Gasteiger partial charge >= 0.3 is 0 Å². The molecule has 0 fully saturated rings. The Balaban J connectivity index is 2.89. The lowest BCUT2D eigenvalue weighted by Crippen LogP contribution is -2.21. The molecule has 0 heterocycles. The molecule has 0 amide bonds. The van der Waals surface area contributed by atoms with Crippen LogP contribution in [0.4, 0.5) is 0 Å². The zero-order valence-electron chi connectivity index (χ0n) is 7.51. The second kappa shape index (κ2) is 8.75. The molecule has 0 saturated heterocycles. The normalized spacial score (nSPS) is 13.4. The highest BCUT2D eigenvalue weighted by Gasteiger charge is 1.97. The van der Waals surface area contributed by atoms with Crippen LogP contribution in [0.2, 0.25) is 0 Å². The molecule has 68 valence electrons. The number of hydrogen-bond acceptors (Lipinski definition) is 3. The van der Waals surface area contributed by atoms with Gasteiger partial charge in [0.05, 0.1) is 0 Å². The fraction of sp³-hybridized carbons (Fsp3) is 1.00. The van der Waals surface area contributed by atoms with Gasteiger partial charge in [0.1, 0.15) is 0 Å². The molecule has 0 aromatic heterocycles. The average Bonchev–Trinajstić information content (AvgIpc) is 2.04. The van der Waals surface area contributed by atoms with Crippen molar-refractivity contribution in [3.8, 4) is 0 Å². The Kier molecular flexibility index (Phi) is 9.28. The van der Waals surface area contributed by atoms with Gasteiger partial charge in [0.25, 0.3) is 0 Å². The van der Waals surface area contributed by atoms with Gasteiger partial charge in [-0.1, -0.05) is 13.8 Å². The van der Waals surface area contributed by atoms with E-state index < -0.39 is 0 Å². The molecule has 0 radical (unpaired) electrons. The van der Waals surface area contributed by atoms with Gasteiger partial charge in [-0.2, -0.15) is 23.5 Å². The molecule has 2 N–H and O–H groups in total. The average molecular weight is 193 g/mol. The molecule has 0 spiro atoms. The van der Waals surface area contributed by atoms with Gasteiger partial charge in [0, 0.05) is 23.3 Å². The van der Waals surface area contributed by atoms with Crippen LogP contribution in [0, 0.1) is 0 Å². The van der Waals surface area contributed by atoms with Crippen LogP contribution in [-0.4, -0.2) is 29.1 Å². The van der Waals surface area contributed by atoms with Crippen molar-refractivity contribution in [2.45, 2.75) is 26.3 Å². The van der Waals surface area contributed by atoms with Crippen molar-refractivity contribution in [3.63, 3.8) is 0 Å². The molecule has 0 aliphatic carbocycles. The van der Waals surface area contributed by atoms with Crippen molar-refractivity contribution in [2.75, 3.05) is 23.0 Å². The lowest BCUT2D eigenvalue weighted by Gasteiger charge is -2.06. The Labute approximate surface area is 78.9 Å². The van der Waals surface area contributed by atoms with E-state index in [4.69, 9.17) is 5.73 Å². The minimum absolute atomic E-state index is 0.409. The first kappa shape index (κ1) is 11.7. The van der Waals surface area contributed by atoms with E-state index in [1.807, 2.05) is 23.5 Å². The Morgan fingerprint density at radius 1 is 1.18 bits per heavy atom. The molecule has 0 bridgehead atoms. The summed E-state index contributed by atoms with van der Waals surface area (Å²) < 4.78 is 0. The molecule has 11 heavy (non-hydrogen) atoms. The Hall–Kier alpha value is 0.660. The molecule has 1 atom stereocenters. The minimum Gasteiger partial charge on any atom is -0.327 e. The lowest BCUT2D eigenvalue weighted by atomic mass is 10.3.